The van der Waals surface area contributed by atoms with Gasteiger partial charge >= 0.3 is 0 Å². The molecule has 3 heteroatoms. The molecule has 0 radical (unpaired) electrons. The Balaban J connectivity index is 2.27. The monoisotopic (exact) mass is 202 g/mol. The smallest absolute Gasteiger partial charge is 0.138 e. The number of fused-ring (bicyclic) bond motifs is 3. The first-order valence-electron chi connectivity index (χ1n) is 5.39. The number of aromatic nitrogens is 2. The van der Waals surface area contributed by atoms with Gasteiger partial charge in [0.25, 0.3) is 0 Å². The van der Waals surface area contributed by atoms with Crippen LogP contribution in [0.5, 0.6) is 0 Å². The molecule has 15 heavy (non-hydrogen) atoms. The second-order valence-corrected chi connectivity index (χ2v) is 4.43. The Bertz CT molecular complexity index is 503. The summed E-state index contributed by atoms with van der Waals surface area (Å²) in [6.45, 7) is 3.13. The highest BCUT2D eigenvalue weighted by atomic mass is 16.3. The number of hydrogen-bond acceptors (Lipinski definition) is 2. The van der Waals surface area contributed by atoms with Crippen LogP contribution in [-0.2, 0) is 6.54 Å². The van der Waals surface area contributed by atoms with E-state index in [1.807, 2.05) is 18.2 Å². The molecule has 2 aromatic rings. The van der Waals surface area contributed by atoms with Crippen LogP contribution in [0.15, 0.2) is 24.3 Å². The third kappa shape index (κ3) is 1.27. The van der Waals surface area contributed by atoms with E-state index in [0.29, 0.717) is 5.92 Å². The van der Waals surface area contributed by atoms with E-state index in [1.165, 1.54) is 0 Å². The zero-order valence-electron chi connectivity index (χ0n) is 8.72. The summed E-state index contributed by atoms with van der Waals surface area (Å²) in [5.41, 5.74) is 2.12. The van der Waals surface area contributed by atoms with E-state index in [4.69, 9.17) is 0 Å². The number of para-hydroxylation sites is 2. The number of imidazole rings is 1. The van der Waals surface area contributed by atoms with Gasteiger partial charge in [0, 0.05) is 6.54 Å². The molecule has 1 aliphatic rings. The number of hydrogen-bond donors (Lipinski definition) is 1. The van der Waals surface area contributed by atoms with Crippen molar-refractivity contribution in [3.05, 3.63) is 30.1 Å². The molecule has 0 bridgehead atoms. The van der Waals surface area contributed by atoms with Crippen molar-refractivity contribution in [1.29, 1.82) is 0 Å². The van der Waals surface area contributed by atoms with Crippen LogP contribution in [0.2, 0.25) is 0 Å². The maximum absolute atomic E-state index is 9.95. The van der Waals surface area contributed by atoms with E-state index in [9.17, 15) is 5.11 Å². The molecule has 0 fully saturated rings. The lowest BCUT2D eigenvalue weighted by molar-refractivity contribution is 0.111. The average Bonchev–Trinajstić information content (AvgIpc) is 2.57. The first-order valence-corrected chi connectivity index (χ1v) is 5.39. The second-order valence-electron chi connectivity index (χ2n) is 4.43. The Morgan fingerprint density at radius 2 is 2.20 bits per heavy atom. The molecular weight excluding hydrogens is 188 g/mol. The van der Waals surface area contributed by atoms with Crippen LogP contribution < -0.4 is 0 Å². The molecule has 1 aliphatic heterocycles. The summed E-state index contributed by atoms with van der Waals surface area (Å²) in [5, 5.41) is 9.95. The maximum Gasteiger partial charge on any atom is 0.138 e. The molecule has 0 saturated carbocycles. The van der Waals surface area contributed by atoms with Crippen molar-refractivity contribution in [3.8, 4) is 0 Å². The lowest BCUT2D eigenvalue weighted by Gasteiger charge is -2.24. The Morgan fingerprint density at radius 1 is 1.40 bits per heavy atom. The van der Waals surface area contributed by atoms with Gasteiger partial charge in [-0.25, -0.2) is 4.98 Å². The van der Waals surface area contributed by atoms with Gasteiger partial charge in [0.15, 0.2) is 0 Å². The average molecular weight is 202 g/mol. The molecule has 3 rings (SSSR count). The summed E-state index contributed by atoms with van der Waals surface area (Å²) in [7, 11) is 0. The van der Waals surface area contributed by atoms with Crippen molar-refractivity contribution in [2.24, 2.45) is 5.92 Å². The molecule has 0 spiro atoms. The fraction of sp³-hybridized carbons (Fsp3) is 0.417. The molecule has 3 nitrogen and oxygen atoms in total. The highest BCUT2D eigenvalue weighted by molar-refractivity contribution is 5.76. The van der Waals surface area contributed by atoms with E-state index >= 15 is 0 Å². The fourth-order valence-corrected chi connectivity index (χ4v) is 2.41. The Hall–Kier alpha value is -1.35. The number of aliphatic hydroxyl groups is 1. The van der Waals surface area contributed by atoms with E-state index < -0.39 is 6.10 Å². The Kier molecular flexibility index (Phi) is 1.83. The zero-order chi connectivity index (χ0) is 10.4. The molecule has 0 amide bonds. The highest BCUT2D eigenvalue weighted by Crippen LogP contribution is 2.31. The quantitative estimate of drug-likeness (QED) is 0.710. The topological polar surface area (TPSA) is 38.1 Å². The molecule has 2 heterocycles. The van der Waals surface area contributed by atoms with Gasteiger partial charge in [0.2, 0.25) is 0 Å². The van der Waals surface area contributed by atoms with Crippen LogP contribution in [-0.4, -0.2) is 14.7 Å². The predicted octanol–water partition coefficient (Wildman–Crippen LogP) is 2.11. The normalized spacial score (nSPS) is 25.5. The molecular formula is C12H14N2O. The van der Waals surface area contributed by atoms with Crippen molar-refractivity contribution in [2.75, 3.05) is 0 Å². The van der Waals surface area contributed by atoms with Gasteiger partial charge in [-0.15, -0.1) is 0 Å². The number of rotatable bonds is 0. The SMILES string of the molecule is CC1CC(O)c2nc3ccccc3n2C1. The second kappa shape index (κ2) is 3.07. The van der Waals surface area contributed by atoms with Crippen molar-refractivity contribution < 1.29 is 5.11 Å². The number of nitrogens with zero attached hydrogens (tertiary/aromatic N) is 2. The summed E-state index contributed by atoms with van der Waals surface area (Å²) in [6.07, 6.45) is 0.421. The molecule has 2 unspecified atom stereocenters. The maximum atomic E-state index is 9.95. The van der Waals surface area contributed by atoms with Gasteiger partial charge in [-0.3, -0.25) is 0 Å². The largest absolute Gasteiger partial charge is 0.385 e. The minimum Gasteiger partial charge on any atom is -0.385 e. The molecule has 1 aromatic carbocycles. The molecule has 78 valence electrons. The fourth-order valence-electron chi connectivity index (χ4n) is 2.41. The van der Waals surface area contributed by atoms with Gasteiger partial charge in [0.05, 0.1) is 11.0 Å². The predicted molar refractivity (Wildman–Crippen MR) is 58.5 cm³/mol. The van der Waals surface area contributed by atoms with Crippen molar-refractivity contribution in [2.45, 2.75) is 26.0 Å². The van der Waals surface area contributed by atoms with Gasteiger partial charge in [-0.2, -0.15) is 0 Å². The third-order valence-corrected chi connectivity index (χ3v) is 3.10. The first-order chi connectivity index (χ1) is 7.25. The summed E-state index contributed by atoms with van der Waals surface area (Å²) >= 11 is 0. The third-order valence-electron chi connectivity index (χ3n) is 3.10. The summed E-state index contributed by atoms with van der Waals surface area (Å²) in [5.74, 6) is 1.35. The summed E-state index contributed by atoms with van der Waals surface area (Å²) in [4.78, 5) is 4.48. The minimum absolute atomic E-state index is 0.402. The lowest BCUT2D eigenvalue weighted by Crippen LogP contribution is -2.22. The van der Waals surface area contributed by atoms with E-state index in [0.717, 1.165) is 29.8 Å². The van der Waals surface area contributed by atoms with Gasteiger partial charge in [-0.05, 0) is 24.5 Å². The Labute approximate surface area is 88.4 Å². The van der Waals surface area contributed by atoms with Crippen molar-refractivity contribution in [3.63, 3.8) is 0 Å². The van der Waals surface area contributed by atoms with Crippen molar-refractivity contribution in [1.82, 2.24) is 9.55 Å². The van der Waals surface area contributed by atoms with Gasteiger partial charge in [0.1, 0.15) is 11.9 Å². The van der Waals surface area contributed by atoms with Crippen molar-refractivity contribution >= 4 is 11.0 Å². The molecule has 0 aliphatic carbocycles. The molecule has 1 N–H and O–H groups in total. The lowest BCUT2D eigenvalue weighted by atomic mass is 9.99. The standard InChI is InChI=1S/C12H14N2O/c1-8-6-11(15)12-13-9-4-2-3-5-10(9)14(12)7-8/h2-5,8,11,15H,6-7H2,1H3. The van der Waals surface area contributed by atoms with Gasteiger partial charge in [-0.1, -0.05) is 19.1 Å². The highest BCUT2D eigenvalue weighted by Gasteiger charge is 2.25. The minimum atomic E-state index is -0.402. The van der Waals surface area contributed by atoms with E-state index in [2.05, 4.69) is 22.5 Å². The van der Waals surface area contributed by atoms with Gasteiger partial charge < -0.3 is 9.67 Å². The summed E-state index contributed by atoms with van der Waals surface area (Å²) in [6, 6.07) is 8.06. The molecule has 0 saturated heterocycles. The number of benzene rings is 1. The van der Waals surface area contributed by atoms with Crippen LogP contribution in [0, 0.1) is 5.92 Å². The van der Waals surface area contributed by atoms with Crippen LogP contribution in [0.25, 0.3) is 11.0 Å². The summed E-state index contributed by atoms with van der Waals surface area (Å²) < 4.78 is 2.15. The van der Waals surface area contributed by atoms with Crippen LogP contribution in [0.3, 0.4) is 0 Å². The van der Waals surface area contributed by atoms with E-state index in [-0.39, 0.29) is 0 Å². The molecule has 2 atom stereocenters. The zero-order valence-corrected chi connectivity index (χ0v) is 8.72. The van der Waals surface area contributed by atoms with Crippen LogP contribution in [0.4, 0.5) is 0 Å². The van der Waals surface area contributed by atoms with Crippen LogP contribution in [0.1, 0.15) is 25.3 Å². The number of aliphatic hydroxyl groups excluding tert-OH is 1. The molecule has 1 aromatic heterocycles. The van der Waals surface area contributed by atoms with E-state index in [1.54, 1.807) is 0 Å². The Morgan fingerprint density at radius 3 is 3.07 bits per heavy atom. The van der Waals surface area contributed by atoms with Crippen LogP contribution >= 0.6 is 0 Å². The first kappa shape index (κ1) is 8.92.